The predicted molar refractivity (Wildman–Crippen MR) is 52.5 cm³/mol. The number of anilines is 1. The highest BCUT2D eigenvalue weighted by Crippen LogP contribution is 2.31. The Morgan fingerprint density at radius 3 is 2.21 bits per heavy atom. The van der Waals surface area contributed by atoms with Crippen molar-refractivity contribution < 1.29 is 13.2 Å². The normalized spacial score (nSPS) is 10.9. The van der Waals surface area contributed by atoms with Gasteiger partial charge >= 0.3 is 6.18 Å². The molecule has 1 aromatic carbocycles. The fourth-order valence-corrected chi connectivity index (χ4v) is 1.09. The second-order valence-corrected chi connectivity index (χ2v) is 2.76. The molecule has 5 heteroatoms. The Morgan fingerprint density at radius 2 is 1.86 bits per heavy atom. The van der Waals surface area contributed by atoms with Crippen LogP contribution in [0.4, 0.5) is 18.9 Å². The summed E-state index contributed by atoms with van der Waals surface area (Å²) in [5.74, 6) is 0. The fourth-order valence-electron chi connectivity index (χ4n) is 1.09. The van der Waals surface area contributed by atoms with Crippen molar-refractivity contribution in [2.45, 2.75) is 19.5 Å². The molecule has 0 unspecified atom stereocenters. The number of aryl methyl sites for hydroxylation is 1. The van der Waals surface area contributed by atoms with Crippen LogP contribution in [-0.4, -0.2) is 0 Å². The molecule has 0 amide bonds. The smallest absolute Gasteiger partial charge is 0.398 e. The van der Waals surface area contributed by atoms with E-state index in [-0.39, 0.29) is 18.1 Å². The van der Waals surface area contributed by atoms with Gasteiger partial charge in [-0.15, -0.1) is 12.4 Å². The molecule has 0 radical (unpaired) electrons. The zero-order chi connectivity index (χ0) is 10.1. The molecule has 0 aliphatic carbocycles. The number of halogens is 4. The monoisotopic (exact) mass is 225 g/mol. The van der Waals surface area contributed by atoms with E-state index in [0.29, 0.717) is 6.42 Å². The molecule has 0 bridgehead atoms. The minimum absolute atomic E-state index is 0. The number of nitrogens with two attached hydrogens (primary N) is 1. The summed E-state index contributed by atoms with van der Waals surface area (Å²) in [6, 6.07) is 3.44. The second-order valence-electron chi connectivity index (χ2n) is 2.76. The van der Waals surface area contributed by atoms with E-state index >= 15 is 0 Å². The topological polar surface area (TPSA) is 26.0 Å². The van der Waals surface area contributed by atoms with E-state index in [2.05, 4.69) is 0 Å². The number of nitrogen functional groups attached to an aromatic ring is 1. The Kier molecular flexibility index (Phi) is 4.26. The van der Waals surface area contributed by atoms with Crippen LogP contribution in [0.5, 0.6) is 0 Å². The molecule has 1 rings (SSSR count). The van der Waals surface area contributed by atoms with Crippen LogP contribution in [0, 0.1) is 0 Å². The molecule has 0 saturated carbocycles. The molecule has 2 N–H and O–H groups in total. The summed E-state index contributed by atoms with van der Waals surface area (Å²) in [5, 5.41) is 0. The molecule has 0 atom stereocenters. The average molecular weight is 226 g/mol. The third kappa shape index (κ3) is 2.80. The Labute approximate surface area is 86.5 Å². The summed E-state index contributed by atoms with van der Waals surface area (Å²) in [5.41, 5.74) is 5.69. The molecule has 1 nitrogen and oxygen atoms in total. The first kappa shape index (κ1) is 13.1. The van der Waals surface area contributed by atoms with Crippen LogP contribution < -0.4 is 5.73 Å². The summed E-state index contributed by atoms with van der Waals surface area (Å²) in [7, 11) is 0. The summed E-state index contributed by atoms with van der Waals surface area (Å²) >= 11 is 0. The molecule has 1 aromatic rings. The van der Waals surface area contributed by atoms with Gasteiger partial charge in [-0.2, -0.15) is 13.2 Å². The van der Waals surface area contributed by atoms with Crippen LogP contribution in [0.15, 0.2) is 18.2 Å². The van der Waals surface area contributed by atoms with Crippen molar-refractivity contribution >= 4 is 18.1 Å². The molecular weight excluding hydrogens is 215 g/mol. The Hall–Kier alpha value is -0.900. The Bertz CT molecular complexity index is 309. The van der Waals surface area contributed by atoms with Gasteiger partial charge in [0.15, 0.2) is 0 Å². The molecular formula is C9H11ClF3N. The molecule has 80 valence electrons. The van der Waals surface area contributed by atoms with Crippen LogP contribution in [0.2, 0.25) is 0 Å². The highest BCUT2D eigenvalue weighted by atomic mass is 35.5. The summed E-state index contributed by atoms with van der Waals surface area (Å²) < 4.78 is 36.4. The molecule has 0 saturated heterocycles. The first-order valence-electron chi connectivity index (χ1n) is 3.90. The average Bonchev–Trinajstić information content (AvgIpc) is 2.02. The van der Waals surface area contributed by atoms with Gasteiger partial charge in [0.1, 0.15) is 0 Å². The van der Waals surface area contributed by atoms with Gasteiger partial charge < -0.3 is 5.73 Å². The number of benzene rings is 1. The van der Waals surface area contributed by atoms with Gasteiger partial charge in [0.25, 0.3) is 0 Å². The lowest BCUT2D eigenvalue weighted by Crippen LogP contribution is -2.06. The van der Waals surface area contributed by atoms with Crippen LogP contribution in [0.1, 0.15) is 18.1 Å². The number of hydrogen-bond donors (Lipinski definition) is 1. The SMILES string of the molecule is CCc1ccc(C(F)(F)F)cc1N.Cl. The lowest BCUT2D eigenvalue weighted by atomic mass is 10.1. The zero-order valence-corrected chi connectivity index (χ0v) is 8.38. The van der Waals surface area contributed by atoms with Crippen LogP contribution in [-0.2, 0) is 12.6 Å². The van der Waals surface area contributed by atoms with Crippen molar-refractivity contribution in [1.82, 2.24) is 0 Å². The van der Waals surface area contributed by atoms with E-state index in [4.69, 9.17) is 5.73 Å². The Balaban J connectivity index is 0.00000169. The fraction of sp³-hybridized carbons (Fsp3) is 0.333. The van der Waals surface area contributed by atoms with Gasteiger partial charge in [-0.25, -0.2) is 0 Å². The number of alkyl halides is 3. The van der Waals surface area contributed by atoms with Crippen LogP contribution in [0.3, 0.4) is 0 Å². The third-order valence-electron chi connectivity index (χ3n) is 1.85. The highest BCUT2D eigenvalue weighted by molar-refractivity contribution is 5.85. The minimum Gasteiger partial charge on any atom is -0.398 e. The molecule has 14 heavy (non-hydrogen) atoms. The maximum Gasteiger partial charge on any atom is 0.416 e. The summed E-state index contributed by atoms with van der Waals surface area (Å²) in [4.78, 5) is 0. The highest BCUT2D eigenvalue weighted by Gasteiger charge is 2.30. The Morgan fingerprint density at radius 1 is 1.29 bits per heavy atom. The van der Waals surface area contributed by atoms with E-state index in [9.17, 15) is 13.2 Å². The molecule has 0 aliphatic rings. The lowest BCUT2D eigenvalue weighted by molar-refractivity contribution is -0.137. The van der Waals surface area contributed by atoms with Crippen LogP contribution >= 0.6 is 12.4 Å². The molecule has 0 fully saturated rings. The van der Waals surface area contributed by atoms with Gasteiger partial charge in [0, 0.05) is 5.69 Å². The van der Waals surface area contributed by atoms with Crippen molar-refractivity contribution in [2.75, 3.05) is 5.73 Å². The van der Waals surface area contributed by atoms with Gasteiger partial charge in [-0.05, 0) is 24.1 Å². The minimum atomic E-state index is -4.31. The van der Waals surface area contributed by atoms with Crippen molar-refractivity contribution in [2.24, 2.45) is 0 Å². The number of hydrogen-bond acceptors (Lipinski definition) is 1. The van der Waals surface area contributed by atoms with Gasteiger partial charge in [-0.1, -0.05) is 13.0 Å². The van der Waals surface area contributed by atoms with Gasteiger partial charge in [0.2, 0.25) is 0 Å². The summed E-state index contributed by atoms with van der Waals surface area (Å²) in [6.45, 7) is 1.85. The molecule has 0 aliphatic heterocycles. The van der Waals surface area contributed by atoms with E-state index in [1.165, 1.54) is 6.07 Å². The van der Waals surface area contributed by atoms with E-state index < -0.39 is 11.7 Å². The first-order valence-corrected chi connectivity index (χ1v) is 3.90. The maximum absolute atomic E-state index is 12.1. The van der Waals surface area contributed by atoms with Gasteiger partial charge in [-0.3, -0.25) is 0 Å². The van der Waals surface area contributed by atoms with Crippen molar-refractivity contribution in [1.29, 1.82) is 0 Å². The van der Waals surface area contributed by atoms with E-state index in [1.807, 2.05) is 6.92 Å². The van der Waals surface area contributed by atoms with Crippen molar-refractivity contribution in [3.05, 3.63) is 29.3 Å². The van der Waals surface area contributed by atoms with Crippen molar-refractivity contribution in [3.63, 3.8) is 0 Å². The summed E-state index contributed by atoms with van der Waals surface area (Å²) in [6.07, 6.45) is -3.66. The standard InChI is InChI=1S/C9H10F3N.ClH/c1-2-6-3-4-7(5-8(6)13)9(10,11)12;/h3-5H,2,13H2,1H3;1H. The quantitative estimate of drug-likeness (QED) is 0.730. The molecule has 0 heterocycles. The second kappa shape index (κ2) is 4.55. The third-order valence-corrected chi connectivity index (χ3v) is 1.85. The largest absolute Gasteiger partial charge is 0.416 e. The van der Waals surface area contributed by atoms with Crippen molar-refractivity contribution in [3.8, 4) is 0 Å². The zero-order valence-electron chi connectivity index (χ0n) is 7.56. The molecule has 0 aromatic heterocycles. The van der Waals surface area contributed by atoms with Gasteiger partial charge in [0.05, 0.1) is 5.56 Å². The van der Waals surface area contributed by atoms with E-state index in [1.54, 1.807) is 0 Å². The maximum atomic E-state index is 12.1. The van der Waals surface area contributed by atoms with E-state index in [0.717, 1.165) is 17.7 Å². The number of rotatable bonds is 1. The first-order chi connectivity index (χ1) is 5.95. The van der Waals surface area contributed by atoms with Crippen LogP contribution in [0.25, 0.3) is 0 Å². The predicted octanol–water partition coefficient (Wildman–Crippen LogP) is 3.27. The lowest BCUT2D eigenvalue weighted by Gasteiger charge is -2.09. The molecule has 0 spiro atoms.